The van der Waals surface area contributed by atoms with Gasteiger partial charge in [-0.3, -0.25) is 24.6 Å². The maximum atomic E-state index is 13.2. The average Bonchev–Trinajstić information content (AvgIpc) is 1.66. The lowest BCUT2D eigenvalue weighted by molar-refractivity contribution is -0.116. The van der Waals surface area contributed by atoms with Crippen molar-refractivity contribution in [2.75, 3.05) is 10.7 Å². The third-order valence-corrected chi connectivity index (χ3v) is 19.2. The fourth-order valence-electron chi connectivity index (χ4n) is 14.1. The second-order valence-corrected chi connectivity index (χ2v) is 29.7. The van der Waals surface area contributed by atoms with E-state index in [2.05, 4.69) is 102 Å². The number of azo groups is 2. The van der Waals surface area contributed by atoms with Crippen LogP contribution in [0.1, 0.15) is 131 Å². The van der Waals surface area contributed by atoms with Gasteiger partial charge in [-0.15, -0.1) is 20.5 Å². The molecule has 0 saturated carbocycles. The number of aryl methyl sites for hydroxylation is 2. The molecule has 544 valence electrons. The molecular weight excluding hydrogens is 1350 g/mol. The third-order valence-electron chi connectivity index (χ3n) is 19.2. The van der Waals surface area contributed by atoms with Crippen LogP contribution in [-0.4, -0.2) is 79.7 Å². The summed E-state index contributed by atoms with van der Waals surface area (Å²) < 4.78 is 2.92. The van der Waals surface area contributed by atoms with Crippen molar-refractivity contribution in [3.05, 3.63) is 264 Å². The highest BCUT2D eigenvalue weighted by molar-refractivity contribution is 6.12. The van der Waals surface area contributed by atoms with Gasteiger partial charge in [0.25, 0.3) is 17.0 Å². The Morgan fingerprint density at radius 1 is 0.421 bits per heavy atom. The van der Waals surface area contributed by atoms with Crippen LogP contribution in [0.5, 0.6) is 17.2 Å². The highest BCUT2D eigenvalue weighted by Gasteiger charge is 2.33. The maximum Gasteiger partial charge on any atom is 0.335 e. The third kappa shape index (κ3) is 16.2. The second-order valence-electron chi connectivity index (χ2n) is 29.7. The summed E-state index contributed by atoms with van der Waals surface area (Å²) in [6.45, 7) is 18.9. The van der Waals surface area contributed by atoms with Crippen molar-refractivity contribution >= 4 is 63.7 Å². The molecule has 11 aromatic rings. The average molecular weight is 1440 g/mol. The van der Waals surface area contributed by atoms with Crippen molar-refractivity contribution in [2.24, 2.45) is 41.8 Å². The van der Waals surface area contributed by atoms with Crippen molar-refractivity contribution in [1.82, 2.24) is 19.6 Å². The predicted octanol–water partition coefficient (Wildman–Crippen LogP) is 17.4. The van der Waals surface area contributed by atoms with Crippen molar-refractivity contribution < 1.29 is 49.8 Å². The van der Waals surface area contributed by atoms with Crippen molar-refractivity contribution in [3.63, 3.8) is 0 Å². The van der Waals surface area contributed by atoms with Gasteiger partial charge in [-0.25, -0.2) is 28.8 Å². The van der Waals surface area contributed by atoms with Gasteiger partial charge in [-0.1, -0.05) is 133 Å². The number of phenolic OH excluding ortho intramolecular Hbond substituents is 3. The summed E-state index contributed by atoms with van der Waals surface area (Å²) in [5.74, 6) is -3.39. The molecule has 1 aliphatic heterocycles. The summed E-state index contributed by atoms with van der Waals surface area (Å²) in [4.78, 5) is 71.7. The number of rotatable bonds is 13. The van der Waals surface area contributed by atoms with Crippen LogP contribution >= 0.6 is 0 Å². The molecule has 9 aromatic carbocycles. The topological polar surface area (TPSA) is 356 Å². The molecular formula is C84H81N11O12. The zero-order valence-electron chi connectivity index (χ0n) is 60.6. The number of nitrogens with two attached hydrogens (primary N) is 1. The van der Waals surface area contributed by atoms with E-state index in [4.69, 9.17) is 10.8 Å². The number of carboxylic acids is 3. The zero-order chi connectivity index (χ0) is 76.6. The number of anilines is 2. The number of hydrazone groups is 1. The van der Waals surface area contributed by atoms with Gasteiger partial charge in [-0.2, -0.15) is 5.10 Å². The quantitative estimate of drug-likeness (QED) is 0.0295. The lowest BCUT2D eigenvalue weighted by Gasteiger charge is -2.15. The van der Waals surface area contributed by atoms with E-state index in [9.17, 15) is 54.3 Å². The van der Waals surface area contributed by atoms with Gasteiger partial charge in [-0.05, 0) is 217 Å². The van der Waals surface area contributed by atoms with Crippen LogP contribution < -0.4 is 21.9 Å². The molecule has 23 heteroatoms. The Kier molecular flexibility index (Phi) is 20.4. The van der Waals surface area contributed by atoms with Gasteiger partial charge in [0, 0.05) is 22.4 Å². The minimum absolute atomic E-state index is 0.0324. The lowest BCUT2D eigenvalue weighted by atomic mass is 9.90. The van der Waals surface area contributed by atoms with E-state index in [1.54, 1.807) is 110 Å². The minimum Gasteiger partial charge on any atom is -0.505 e. The first-order valence-electron chi connectivity index (χ1n) is 34.7. The van der Waals surface area contributed by atoms with Crippen LogP contribution in [-0.2, 0) is 43.3 Å². The Morgan fingerprint density at radius 2 is 0.757 bits per heavy atom. The van der Waals surface area contributed by atoms with Crippen LogP contribution in [0.25, 0.3) is 44.8 Å². The Labute approximate surface area is 616 Å². The molecule has 0 spiro atoms. The SMILES string of the molecule is CC1=NN(c2ccc3c(c2)CC(C)(C)C3)C(=O)C1.Cc1[nH]n(-c2ccc3c(c2)CC(C)(C)C3)c(=O)c1N=Nc1cccc(-c2cccc(C(=O)O)c2)c1O.Cc1[nH]n(-c2ccc3c(c2)CC(C)(C)C3)c(=O)c1N=Nc1cccc(-c2cccc(C(=O)O)c2)c1O.Nc1cccc(-c2cccc(C(=O)O)c2)c1O. The fourth-order valence-corrected chi connectivity index (χ4v) is 14.1. The van der Waals surface area contributed by atoms with E-state index in [1.807, 2.05) is 37.3 Å². The summed E-state index contributed by atoms with van der Waals surface area (Å²) in [7, 11) is 0. The van der Waals surface area contributed by atoms with E-state index in [-0.39, 0.29) is 90.2 Å². The number of hydrogen-bond donors (Lipinski definition) is 9. The summed E-state index contributed by atoms with van der Waals surface area (Å²) in [6.07, 6.45) is 6.61. The standard InChI is InChI=1S/2C28H26N4O4.C15H18N2O.C13H11NO3/c2*1-16-24(26(34)32(31-16)21-11-10-19-14-28(2,3)15-20(19)13-21)30-29-23-9-5-8-22(25(23)33)17-6-4-7-18(12-17)27(35)36;1-10-6-14(18)17(16-10)13-5-4-11-8-15(2,3)9-12(11)7-13;14-11-6-2-5-10(12(11)15)8-3-1-4-9(7-8)13(16)17/h2*4-13,31,33H,14-15H2,1-3H3,(H,35,36);4-5,7H,6,8-9H2,1-3H3;1-7,15H,14H2,(H,16,17). The molecule has 0 saturated heterocycles. The Bertz CT molecular complexity index is 5370. The molecule has 3 heterocycles. The van der Waals surface area contributed by atoms with Gasteiger partial charge in [0.2, 0.25) is 0 Å². The van der Waals surface area contributed by atoms with Gasteiger partial charge < -0.3 is 36.4 Å². The Hall–Kier alpha value is -13.1. The Balaban J connectivity index is 0.000000141. The fraction of sp³-hybridized carbons (Fsp3) is 0.226. The number of phenols is 3. The summed E-state index contributed by atoms with van der Waals surface area (Å²) in [5.41, 5.74) is 22.3. The number of carbonyl (C=O) groups is 4. The molecule has 0 bridgehead atoms. The van der Waals surface area contributed by atoms with Crippen molar-refractivity contribution in [1.29, 1.82) is 0 Å². The molecule has 23 nitrogen and oxygen atoms in total. The largest absolute Gasteiger partial charge is 0.505 e. The first kappa shape index (κ1) is 73.7. The number of nitrogens with zero attached hydrogens (tertiary/aromatic N) is 8. The van der Waals surface area contributed by atoms with Crippen molar-refractivity contribution in [3.8, 4) is 62.0 Å². The molecule has 2 aromatic heterocycles. The molecule has 107 heavy (non-hydrogen) atoms. The molecule has 15 rings (SSSR count). The number of H-pyrrole nitrogens is 2. The number of carbonyl (C=O) groups excluding carboxylic acids is 1. The van der Waals surface area contributed by atoms with E-state index in [0.717, 1.165) is 61.3 Å². The number of aromatic carboxylic acids is 3. The number of aromatic hydroxyl groups is 3. The van der Waals surface area contributed by atoms with Crippen LogP contribution in [0.3, 0.4) is 0 Å². The van der Waals surface area contributed by atoms with Gasteiger partial charge >= 0.3 is 17.9 Å². The lowest BCUT2D eigenvalue weighted by Crippen LogP contribution is -2.19. The summed E-state index contributed by atoms with van der Waals surface area (Å²) >= 11 is 0. The first-order chi connectivity index (χ1) is 50.8. The number of aromatic amines is 2. The number of nitrogens with one attached hydrogen (secondary N) is 2. The number of carboxylic acid groups (broad SMARTS) is 3. The molecule has 10 N–H and O–H groups in total. The number of aromatic nitrogens is 4. The minimum atomic E-state index is -1.06. The first-order valence-corrected chi connectivity index (χ1v) is 34.7. The Morgan fingerprint density at radius 3 is 1.12 bits per heavy atom. The molecule has 0 radical (unpaired) electrons. The van der Waals surface area contributed by atoms with Crippen molar-refractivity contribution in [2.45, 2.75) is 107 Å². The second kappa shape index (κ2) is 29.6. The number of para-hydroxylation sites is 3. The predicted molar refractivity (Wildman–Crippen MR) is 412 cm³/mol. The van der Waals surface area contributed by atoms with Gasteiger partial charge in [0.15, 0.2) is 22.9 Å². The van der Waals surface area contributed by atoms with E-state index in [1.165, 1.54) is 79.1 Å². The highest BCUT2D eigenvalue weighted by atomic mass is 16.4. The van der Waals surface area contributed by atoms with Gasteiger partial charge in [0.1, 0.15) is 17.1 Å². The number of fused-ring (bicyclic) bond motifs is 3. The maximum absolute atomic E-state index is 13.2. The van der Waals surface area contributed by atoms with Crippen LogP contribution in [0.15, 0.2) is 217 Å². The normalized spacial score (nSPS) is 14.8. The van der Waals surface area contributed by atoms with E-state index in [0.29, 0.717) is 56.6 Å². The smallest absolute Gasteiger partial charge is 0.335 e. The molecule has 1 amide bonds. The number of amides is 1. The van der Waals surface area contributed by atoms with Gasteiger partial charge in [0.05, 0.1) is 57.2 Å². The van der Waals surface area contributed by atoms with E-state index >= 15 is 0 Å². The molecule has 0 atom stereocenters. The number of benzene rings is 9. The zero-order valence-corrected chi connectivity index (χ0v) is 60.6. The van der Waals surface area contributed by atoms with Crippen LogP contribution in [0.2, 0.25) is 0 Å². The number of hydrogen-bond acceptors (Lipinski definition) is 15. The monoisotopic (exact) mass is 1440 g/mol. The summed E-state index contributed by atoms with van der Waals surface area (Å²) in [6, 6.07) is 52.1. The summed E-state index contributed by atoms with van der Waals surface area (Å²) in [5, 5.41) is 87.5. The van der Waals surface area contributed by atoms with Crippen LogP contribution in [0.4, 0.5) is 34.1 Å². The van der Waals surface area contributed by atoms with Crippen LogP contribution in [0, 0.1) is 30.1 Å². The number of nitrogen functional groups attached to an aromatic ring is 1. The molecule has 4 aliphatic rings. The van der Waals surface area contributed by atoms with E-state index < -0.39 is 17.9 Å². The molecule has 0 unspecified atom stereocenters. The molecule has 0 fully saturated rings. The highest BCUT2D eigenvalue weighted by Crippen LogP contribution is 2.43. The molecule has 3 aliphatic carbocycles.